The van der Waals surface area contributed by atoms with Crippen molar-refractivity contribution in [1.82, 2.24) is 9.88 Å². The van der Waals surface area contributed by atoms with Crippen LogP contribution in [0.1, 0.15) is 117 Å². The molecule has 0 radical (unpaired) electrons. The first-order chi connectivity index (χ1) is 18.8. The Kier molecular flexibility index (Phi) is 21.5. The Morgan fingerprint density at radius 3 is 1.90 bits per heavy atom. The summed E-state index contributed by atoms with van der Waals surface area (Å²) >= 11 is 0. The molecule has 2 atom stereocenters. The third kappa shape index (κ3) is 22.2. The number of unbranched alkanes of at least 4 members (excludes halogenated alkanes) is 15. The second-order valence-electron chi connectivity index (χ2n) is 10.7. The number of aromatic nitrogens is 2. The number of phosphoric ester groups is 1. The monoisotopic (exact) mass is 573 g/mol. The predicted molar refractivity (Wildman–Crippen MR) is 153 cm³/mol. The molecule has 1 amide bonds. The Labute approximate surface area is 237 Å². The second-order valence-corrected chi connectivity index (χ2v) is 12.1. The number of rotatable bonds is 27. The van der Waals surface area contributed by atoms with Gasteiger partial charge in [-0.25, -0.2) is 9.13 Å². The molecule has 0 saturated heterocycles. The van der Waals surface area contributed by atoms with Gasteiger partial charge in [0.25, 0.3) is 7.82 Å². The van der Waals surface area contributed by atoms with E-state index in [1.54, 1.807) is 0 Å². The highest BCUT2D eigenvalue weighted by molar-refractivity contribution is 7.45. The molecule has 9 nitrogen and oxygen atoms in total. The van der Waals surface area contributed by atoms with Gasteiger partial charge in [-0.1, -0.05) is 103 Å². The van der Waals surface area contributed by atoms with Crippen LogP contribution in [-0.2, 0) is 36.7 Å². The van der Waals surface area contributed by atoms with Gasteiger partial charge in [0.15, 0.2) is 0 Å². The molecule has 1 N–H and O–H groups in total. The topological polar surface area (TPSA) is 106 Å². The summed E-state index contributed by atoms with van der Waals surface area (Å²) in [6.45, 7) is 4.55. The van der Waals surface area contributed by atoms with Gasteiger partial charge in [0, 0.05) is 13.5 Å². The number of carbonyl (C=O) groups excluding carboxylic acids is 1. The first kappa shape index (κ1) is 35.8. The summed E-state index contributed by atoms with van der Waals surface area (Å²) in [5.41, 5.74) is 0. The smallest absolute Gasteiger partial charge is 0.268 e. The number of hydrogen-bond acceptors (Lipinski definition) is 6. The molecule has 0 aliphatic rings. The van der Waals surface area contributed by atoms with Crippen molar-refractivity contribution in [2.75, 3.05) is 26.4 Å². The molecule has 0 aliphatic carbocycles. The molecule has 228 valence electrons. The zero-order chi connectivity index (χ0) is 28.6. The lowest BCUT2D eigenvalue weighted by molar-refractivity contribution is -0.671. The van der Waals surface area contributed by atoms with E-state index >= 15 is 0 Å². The van der Waals surface area contributed by atoms with Crippen molar-refractivity contribution in [3.63, 3.8) is 0 Å². The molecule has 1 aromatic rings. The first-order valence-corrected chi connectivity index (χ1v) is 16.7. The van der Waals surface area contributed by atoms with Crippen LogP contribution in [0, 0.1) is 0 Å². The molecule has 0 spiro atoms. The number of phosphoric acid groups is 1. The summed E-state index contributed by atoms with van der Waals surface area (Å²) in [7, 11) is -2.60. The average molecular weight is 574 g/mol. The van der Waals surface area contributed by atoms with Gasteiger partial charge in [-0.3, -0.25) is 9.36 Å². The van der Waals surface area contributed by atoms with Crippen LogP contribution in [0.15, 0.2) is 18.7 Å². The van der Waals surface area contributed by atoms with Crippen molar-refractivity contribution in [1.29, 1.82) is 0 Å². The fourth-order valence-electron chi connectivity index (χ4n) is 4.51. The van der Waals surface area contributed by atoms with Gasteiger partial charge in [0.05, 0.1) is 32.9 Å². The Hall–Kier alpha value is -1.25. The van der Waals surface area contributed by atoms with E-state index in [1.165, 1.54) is 96.8 Å². The van der Waals surface area contributed by atoms with Gasteiger partial charge in [-0.15, -0.1) is 0 Å². The van der Waals surface area contributed by atoms with Crippen LogP contribution < -0.4 is 14.8 Å². The standard InChI is InChI=1S/C29H56N3O6P/c1-4-5-6-7-8-9-10-11-12-13-14-15-16-17-18-19-23-36-25-29(30-28(2)33)26-38-39(34,35)37-24-22-32-21-20-31(3)27-32/h20-21,27,29H,4-19,22-26H2,1-3H3,(H-,30,33,34,35)/t29-/m1/s1. The van der Waals surface area contributed by atoms with E-state index in [2.05, 4.69) is 12.2 Å². The highest BCUT2D eigenvalue weighted by atomic mass is 31.2. The molecule has 0 bridgehead atoms. The lowest BCUT2D eigenvalue weighted by Gasteiger charge is -2.25. The van der Waals surface area contributed by atoms with Crippen molar-refractivity contribution in [2.45, 2.75) is 129 Å². The molecule has 1 unspecified atom stereocenters. The maximum Gasteiger partial charge on any atom is 0.268 e. The molecule has 0 saturated carbocycles. The fraction of sp³-hybridized carbons (Fsp3) is 0.862. The van der Waals surface area contributed by atoms with Gasteiger partial charge in [0.1, 0.15) is 18.9 Å². The normalized spacial score (nSPS) is 13.8. The minimum Gasteiger partial charge on any atom is -0.756 e. The number of amides is 1. The van der Waals surface area contributed by atoms with Crippen molar-refractivity contribution in [3.05, 3.63) is 18.7 Å². The minimum absolute atomic E-state index is 0.0317. The Bertz CT molecular complexity index is 776. The van der Waals surface area contributed by atoms with E-state index in [0.717, 1.165) is 12.8 Å². The first-order valence-electron chi connectivity index (χ1n) is 15.3. The van der Waals surface area contributed by atoms with Crippen LogP contribution in [0.4, 0.5) is 0 Å². The quantitative estimate of drug-likeness (QED) is 0.0835. The van der Waals surface area contributed by atoms with Gasteiger partial charge in [0.2, 0.25) is 12.2 Å². The molecule has 39 heavy (non-hydrogen) atoms. The number of carbonyl (C=O) groups is 1. The van der Waals surface area contributed by atoms with E-state index in [4.69, 9.17) is 13.8 Å². The zero-order valence-corrected chi connectivity index (χ0v) is 25.8. The molecule has 1 rings (SSSR count). The number of imidazole rings is 1. The molecular weight excluding hydrogens is 517 g/mol. The summed E-state index contributed by atoms with van der Waals surface area (Å²) in [4.78, 5) is 23.6. The molecule has 10 heteroatoms. The van der Waals surface area contributed by atoms with Crippen LogP contribution in [0.2, 0.25) is 0 Å². The molecule has 1 heterocycles. The Balaban J connectivity index is 2.00. The maximum absolute atomic E-state index is 12.1. The Morgan fingerprint density at radius 2 is 1.41 bits per heavy atom. The molecule has 0 aromatic carbocycles. The second kappa shape index (κ2) is 23.5. The summed E-state index contributed by atoms with van der Waals surface area (Å²) in [5, 5.41) is 2.68. The van der Waals surface area contributed by atoms with E-state index in [1.807, 2.05) is 34.9 Å². The number of aryl methyl sites for hydroxylation is 1. The lowest BCUT2D eigenvalue weighted by atomic mass is 10.0. The number of ether oxygens (including phenoxy) is 1. The van der Waals surface area contributed by atoms with Gasteiger partial charge in [-0.2, -0.15) is 0 Å². The van der Waals surface area contributed by atoms with Crippen LogP contribution in [-0.4, -0.2) is 42.9 Å². The SMILES string of the molecule is CCCCCCCCCCCCCCCCCCOC[C@H](COP(=O)([O-])OCCn1cc[n+](C)c1)NC(C)=O. The molecule has 0 aliphatic heterocycles. The van der Waals surface area contributed by atoms with Crippen LogP contribution in [0.5, 0.6) is 0 Å². The number of nitrogens with one attached hydrogen (secondary N) is 1. The maximum atomic E-state index is 12.1. The van der Waals surface area contributed by atoms with Crippen molar-refractivity contribution in [3.8, 4) is 0 Å². The third-order valence-electron chi connectivity index (χ3n) is 6.73. The predicted octanol–water partition coefficient (Wildman–Crippen LogP) is 5.60. The van der Waals surface area contributed by atoms with Gasteiger partial charge in [-0.05, 0) is 6.42 Å². The van der Waals surface area contributed by atoms with Gasteiger partial charge < -0.3 is 24.0 Å². The highest BCUT2D eigenvalue weighted by Gasteiger charge is 2.17. The number of hydrogen-bond donors (Lipinski definition) is 1. The Morgan fingerprint density at radius 1 is 0.872 bits per heavy atom. The van der Waals surface area contributed by atoms with Crippen LogP contribution >= 0.6 is 7.82 Å². The molecular formula is C29H56N3O6P. The lowest BCUT2D eigenvalue weighted by Crippen LogP contribution is -2.40. The van der Waals surface area contributed by atoms with Crippen molar-refractivity contribution < 1.29 is 32.6 Å². The fourth-order valence-corrected chi connectivity index (χ4v) is 5.25. The molecule has 0 fully saturated rings. The van der Waals surface area contributed by atoms with E-state index in [0.29, 0.717) is 13.2 Å². The average Bonchev–Trinajstić information content (AvgIpc) is 3.30. The molecule has 1 aromatic heterocycles. The summed E-state index contributed by atoms with van der Waals surface area (Å²) < 4.78 is 31.4. The van der Waals surface area contributed by atoms with Crippen molar-refractivity contribution >= 4 is 13.7 Å². The summed E-state index contributed by atoms with van der Waals surface area (Å²) in [6, 6.07) is -0.557. The van der Waals surface area contributed by atoms with E-state index in [-0.39, 0.29) is 25.7 Å². The van der Waals surface area contributed by atoms with E-state index in [9.17, 15) is 14.3 Å². The summed E-state index contributed by atoms with van der Waals surface area (Å²) in [5.74, 6) is -0.267. The van der Waals surface area contributed by atoms with Gasteiger partial charge >= 0.3 is 0 Å². The van der Waals surface area contributed by atoms with Crippen molar-refractivity contribution in [2.24, 2.45) is 7.05 Å². The van der Waals surface area contributed by atoms with E-state index < -0.39 is 13.9 Å². The third-order valence-corrected chi connectivity index (χ3v) is 7.69. The summed E-state index contributed by atoms with van der Waals surface area (Å²) in [6.07, 6.45) is 26.6. The number of nitrogens with zero attached hydrogens (tertiary/aromatic N) is 2. The highest BCUT2D eigenvalue weighted by Crippen LogP contribution is 2.38. The largest absolute Gasteiger partial charge is 0.756 e. The van der Waals surface area contributed by atoms with Crippen LogP contribution in [0.3, 0.4) is 0 Å². The minimum atomic E-state index is -4.48. The van der Waals surface area contributed by atoms with Crippen LogP contribution in [0.25, 0.3) is 0 Å². The zero-order valence-electron chi connectivity index (χ0n) is 24.9.